The largest absolute Gasteiger partial charge is 0.480 e. The van der Waals surface area contributed by atoms with Crippen LogP contribution < -0.4 is 10.6 Å². The lowest BCUT2D eigenvalue weighted by atomic mass is 10.1. The number of benzene rings is 1. The van der Waals surface area contributed by atoms with Gasteiger partial charge in [0.15, 0.2) is 0 Å². The maximum atomic E-state index is 12.7. The number of carbonyl (C=O) groups excluding carboxylic acids is 1. The smallest absolute Gasteiger partial charge is 0.327 e. The molecule has 1 atom stereocenters. The Kier molecular flexibility index (Phi) is 5.95. The van der Waals surface area contributed by atoms with Crippen molar-refractivity contribution < 1.29 is 19.1 Å². The second kappa shape index (κ2) is 7.48. The van der Waals surface area contributed by atoms with E-state index in [0.717, 1.165) is 5.56 Å². The highest BCUT2D eigenvalue weighted by molar-refractivity contribution is 5.82. The van der Waals surface area contributed by atoms with Crippen molar-refractivity contribution in [3.8, 4) is 0 Å². The zero-order chi connectivity index (χ0) is 14.3. The van der Waals surface area contributed by atoms with E-state index in [-0.39, 0.29) is 18.3 Å². The van der Waals surface area contributed by atoms with Gasteiger partial charge in [0, 0.05) is 13.5 Å². The monoisotopic (exact) mass is 268 g/mol. The summed E-state index contributed by atoms with van der Waals surface area (Å²) in [5.41, 5.74) is 0.959. The number of carboxylic acid groups (broad SMARTS) is 1. The summed E-state index contributed by atoms with van der Waals surface area (Å²) in [6.07, 6.45) is 0.659. The van der Waals surface area contributed by atoms with Crippen molar-refractivity contribution in [2.24, 2.45) is 0 Å². The summed E-state index contributed by atoms with van der Waals surface area (Å²) in [6, 6.07) is 5.18. The number of aliphatic carboxylic acids is 1. The first-order chi connectivity index (χ1) is 8.99. The molecule has 1 aromatic rings. The molecule has 0 fully saturated rings. The third-order valence-corrected chi connectivity index (χ3v) is 2.53. The Morgan fingerprint density at radius 2 is 1.95 bits per heavy atom. The molecule has 0 aliphatic carbocycles. The third-order valence-electron chi connectivity index (χ3n) is 2.53. The number of nitrogens with one attached hydrogen (secondary N) is 2. The van der Waals surface area contributed by atoms with Gasteiger partial charge in [-0.2, -0.15) is 0 Å². The Labute approximate surface area is 110 Å². The highest BCUT2D eigenvalue weighted by atomic mass is 19.1. The molecule has 0 spiro atoms. The zero-order valence-electron chi connectivity index (χ0n) is 10.6. The molecule has 19 heavy (non-hydrogen) atoms. The number of carboxylic acids is 1. The first-order valence-corrected chi connectivity index (χ1v) is 5.94. The van der Waals surface area contributed by atoms with Gasteiger partial charge in [0.05, 0.1) is 0 Å². The molecule has 0 aromatic heterocycles. The van der Waals surface area contributed by atoms with Crippen LogP contribution >= 0.6 is 0 Å². The SMILES string of the molecule is CC(=O)NC(CNCCc1ccc(F)cc1)C(=O)O. The van der Waals surface area contributed by atoms with Gasteiger partial charge in [-0.15, -0.1) is 0 Å². The zero-order valence-corrected chi connectivity index (χ0v) is 10.6. The summed E-state index contributed by atoms with van der Waals surface area (Å²) in [6.45, 7) is 1.97. The quantitative estimate of drug-likeness (QED) is 0.631. The van der Waals surface area contributed by atoms with Crippen LogP contribution in [-0.2, 0) is 16.0 Å². The van der Waals surface area contributed by atoms with Crippen molar-refractivity contribution in [1.29, 1.82) is 0 Å². The first kappa shape index (κ1) is 15.1. The van der Waals surface area contributed by atoms with Crippen LogP contribution in [0.4, 0.5) is 4.39 Å². The van der Waals surface area contributed by atoms with Crippen molar-refractivity contribution >= 4 is 11.9 Å². The number of halogens is 1. The second-order valence-corrected chi connectivity index (χ2v) is 4.17. The van der Waals surface area contributed by atoms with Crippen molar-refractivity contribution in [1.82, 2.24) is 10.6 Å². The minimum absolute atomic E-state index is 0.149. The second-order valence-electron chi connectivity index (χ2n) is 4.17. The van der Waals surface area contributed by atoms with Crippen LogP contribution in [0.3, 0.4) is 0 Å². The normalized spacial score (nSPS) is 11.9. The van der Waals surface area contributed by atoms with Crippen molar-refractivity contribution in [3.63, 3.8) is 0 Å². The van der Waals surface area contributed by atoms with Crippen LogP contribution in [0.25, 0.3) is 0 Å². The maximum absolute atomic E-state index is 12.7. The first-order valence-electron chi connectivity index (χ1n) is 5.94. The Hall–Kier alpha value is -1.95. The molecular formula is C13H17FN2O3. The van der Waals surface area contributed by atoms with Gasteiger partial charge in [0.25, 0.3) is 0 Å². The molecule has 104 valence electrons. The molecule has 1 rings (SSSR count). The molecular weight excluding hydrogens is 251 g/mol. The minimum atomic E-state index is -1.08. The molecule has 6 heteroatoms. The molecule has 1 amide bonds. The van der Waals surface area contributed by atoms with E-state index in [2.05, 4.69) is 10.6 Å². The van der Waals surface area contributed by atoms with E-state index in [1.54, 1.807) is 12.1 Å². The molecule has 0 radical (unpaired) electrons. The molecule has 3 N–H and O–H groups in total. The maximum Gasteiger partial charge on any atom is 0.327 e. The van der Waals surface area contributed by atoms with E-state index < -0.39 is 12.0 Å². The molecule has 1 aromatic carbocycles. The average molecular weight is 268 g/mol. The van der Waals surface area contributed by atoms with Crippen molar-refractivity contribution in [3.05, 3.63) is 35.6 Å². The molecule has 0 saturated carbocycles. The summed E-state index contributed by atoms with van der Waals surface area (Å²) in [5, 5.41) is 14.2. The van der Waals surface area contributed by atoms with E-state index in [1.807, 2.05) is 0 Å². The van der Waals surface area contributed by atoms with Gasteiger partial charge < -0.3 is 15.7 Å². The predicted molar refractivity (Wildman–Crippen MR) is 68.2 cm³/mol. The van der Waals surface area contributed by atoms with Gasteiger partial charge in [0.1, 0.15) is 11.9 Å². The molecule has 0 bridgehead atoms. The van der Waals surface area contributed by atoms with Gasteiger partial charge in [-0.1, -0.05) is 12.1 Å². The van der Waals surface area contributed by atoms with Crippen LogP contribution in [0, 0.1) is 5.82 Å². The molecule has 0 saturated heterocycles. The minimum Gasteiger partial charge on any atom is -0.480 e. The molecule has 1 unspecified atom stereocenters. The highest BCUT2D eigenvalue weighted by Crippen LogP contribution is 2.02. The molecule has 0 aliphatic heterocycles. The molecule has 5 nitrogen and oxygen atoms in total. The van der Waals surface area contributed by atoms with Crippen molar-refractivity contribution in [2.45, 2.75) is 19.4 Å². The summed E-state index contributed by atoms with van der Waals surface area (Å²) in [7, 11) is 0. The Morgan fingerprint density at radius 1 is 1.32 bits per heavy atom. The van der Waals surface area contributed by atoms with Crippen LogP contribution in [0.15, 0.2) is 24.3 Å². The van der Waals surface area contributed by atoms with E-state index in [9.17, 15) is 14.0 Å². The van der Waals surface area contributed by atoms with E-state index in [4.69, 9.17) is 5.11 Å². The van der Waals surface area contributed by atoms with E-state index >= 15 is 0 Å². The van der Waals surface area contributed by atoms with Gasteiger partial charge in [-0.25, -0.2) is 9.18 Å². The topological polar surface area (TPSA) is 78.4 Å². The fourth-order valence-electron chi connectivity index (χ4n) is 1.58. The van der Waals surface area contributed by atoms with Gasteiger partial charge >= 0.3 is 5.97 Å². The van der Waals surface area contributed by atoms with Crippen LogP contribution in [-0.4, -0.2) is 36.1 Å². The van der Waals surface area contributed by atoms with Gasteiger partial charge in [-0.3, -0.25) is 4.79 Å². The van der Waals surface area contributed by atoms with Gasteiger partial charge in [-0.05, 0) is 30.7 Å². The average Bonchev–Trinajstić information content (AvgIpc) is 2.34. The number of hydrogen-bond acceptors (Lipinski definition) is 3. The standard InChI is InChI=1S/C13H17FN2O3/c1-9(17)16-12(13(18)19)8-15-7-6-10-2-4-11(14)5-3-10/h2-5,12,15H,6-8H2,1H3,(H,16,17)(H,18,19). The number of rotatable bonds is 7. The number of hydrogen-bond donors (Lipinski definition) is 3. The Balaban J connectivity index is 2.30. The van der Waals surface area contributed by atoms with Gasteiger partial charge in [0.2, 0.25) is 5.91 Å². The molecule has 0 aliphatic rings. The van der Waals surface area contributed by atoms with Crippen LogP contribution in [0.5, 0.6) is 0 Å². The summed E-state index contributed by atoms with van der Waals surface area (Å²) >= 11 is 0. The van der Waals surface area contributed by atoms with E-state index in [1.165, 1.54) is 19.1 Å². The summed E-state index contributed by atoms with van der Waals surface area (Å²) in [5.74, 6) is -1.74. The van der Waals surface area contributed by atoms with Crippen LogP contribution in [0.2, 0.25) is 0 Å². The predicted octanol–water partition coefficient (Wildman–Crippen LogP) is 0.547. The third kappa shape index (κ3) is 5.96. The fraction of sp³-hybridized carbons (Fsp3) is 0.385. The van der Waals surface area contributed by atoms with Crippen LogP contribution in [0.1, 0.15) is 12.5 Å². The number of amides is 1. The fourth-order valence-corrected chi connectivity index (χ4v) is 1.58. The molecule has 0 heterocycles. The lowest BCUT2D eigenvalue weighted by Crippen LogP contribution is -2.46. The Bertz CT molecular complexity index is 434. The van der Waals surface area contributed by atoms with E-state index in [0.29, 0.717) is 13.0 Å². The summed E-state index contributed by atoms with van der Waals surface area (Å²) in [4.78, 5) is 21.6. The summed E-state index contributed by atoms with van der Waals surface area (Å²) < 4.78 is 12.7. The number of carbonyl (C=O) groups is 2. The lowest BCUT2D eigenvalue weighted by Gasteiger charge is -2.14. The Morgan fingerprint density at radius 3 is 2.47 bits per heavy atom. The lowest BCUT2D eigenvalue weighted by molar-refractivity contribution is -0.141. The van der Waals surface area contributed by atoms with Crippen molar-refractivity contribution in [2.75, 3.05) is 13.1 Å². The highest BCUT2D eigenvalue weighted by Gasteiger charge is 2.17.